The number of alkyl halides is 3. The van der Waals surface area contributed by atoms with E-state index >= 15 is 0 Å². The lowest BCUT2D eigenvalue weighted by Crippen LogP contribution is -2.23. The highest BCUT2D eigenvalue weighted by molar-refractivity contribution is 5.53. The SMILES string of the molecule is C[C@@H]1CCN(c2cnccc2C(F)(F)F)C1. The average Bonchev–Trinajstić information content (AvgIpc) is 2.64. The number of anilines is 1. The summed E-state index contributed by atoms with van der Waals surface area (Å²) in [7, 11) is 0. The maximum absolute atomic E-state index is 12.7. The Bertz CT molecular complexity index is 376. The molecular formula is C11H13F3N2. The molecule has 1 aliphatic heterocycles. The molecule has 1 saturated heterocycles. The molecule has 1 aliphatic rings. The first-order valence-corrected chi connectivity index (χ1v) is 5.24. The van der Waals surface area contributed by atoms with Gasteiger partial charge < -0.3 is 4.90 Å². The van der Waals surface area contributed by atoms with Gasteiger partial charge in [-0.3, -0.25) is 4.98 Å². The summed E-state index contributed by atoms with van der Waals surface area (Å²) in [5.41, 5.74) is -0.379. The van der Waals surface area contributed by atoms with Crippen LogP contribution in [-0.2, 0) is 6.18 Å². The highest BCUT2D eigenvalue weighted by Gasteiger charge is 2.35. The van der Waals surface area contributed by atoms with Gasteiger partial charge in [-0.15, -0.1) is 0 Å². The molecule has 0 aromatic carbocycles. The fourth-order valence-corrected chi connectivity index (χ4v) is 2.03. The quantitative estimate of drug-likeness (QED) is 0.737. The molecule has 5 heteroatoms. The first kappa shape index (κ1) is 11.2. The molecule has 0 radical (unpaired) electrons. The third-order valence-electron chi connectivity index (χ3n) is 2.87. The van der Waals surface area contributed by atoms with Gasteiger partial charge in [0.25, 0.3) is 0 Å². The molecule has 16 heavy (non-hydrogen) atoms. The molecule has 1 aromatic rings. The molecule has 2 heterocycles. The van der Waals surface area contributed by atoms with Crippen molar-refractivity contribution in [3.05, 3.63) is 24.0 Å². The van der Waals surface area contributed by atoms with Crippen LogP contribution in [0, 0.1) is 5.92 Å². The van der Waals surface area contributed by atoms with Gasteiger partial charge in [-0.05, 0) is 18.4 Å². The van der Waals surface area contributed by atoms with Gasteiger partial charge >= 0.3 is 6.18 Å². The average molecular weight is 230 g/mol. The maximum Gasteiger partial charge on any atom is 0.418 e. The lowest BCUT2D eigenvalue weighted by Gasteiger charge is -2.22. The second-order valence-electron chi connectivity index (χ2n) is 4.23. The van der Waals surface area contributed by atoms with E-state index in [1.165, 1.54) is 12.4 Å². The minimum absolute atomic E-state index is 0.208. The van der Waals surface area contributed by atoms with Gasteiger partial charge in [-0.1, -0.05) is 6.92 Å². The van der Waals surface area contributed by atoms with E-state index in [9.17, 15) is 13.2 Å². The van der Waals surface area contributed by atoms with Crippen molar-refractivity contribution in [2.45, 2.75) is 19.5 Å². The zero-order valence-corrected chi connectivity index (χ0v) is 8.96. The number of rotatable bonds is 1. The summed E-state index contributed by atoms with van der Waals surface area (Å²) in [5.74, 6) is 0.446. The highest BCUT2D eigenvalue weighted by atomic mass is 19.4. The second kappa shape index (κ2) is 3.96. The van der Waals surface area contributed by atoms with Gasteiger partial charge in [0.1, 0.15) is 0 Å². The molecular weight excluding hydrogens is 217 g/mol. The van der Waals surface area contributed by atoms with Gasteiger partial charge in [0.05, 0.1) is 17.4 Å². The highest BCUT2D eigenvalue weighted by Crippen LogP contribution is 2.37. The molecule has 2 rings (SSSR count). The van der Waals surface area contributed by atoms with Crippen LogP contribution < -0.4 is 4.90 Å². The first-order chi connectivity index (χ1) is 7.48. The Morgan fingerprint density at radius 1 is 1.44 bits per heavy atom. The third-order valence-corrected chi connectivity index (χ3v) is 2.87. The van der Waals surface area contributed by atoms with E-state index in [4.69, 9.17) is 0 Å². The van der Waals surface area contributed by atoms with Crippen LogP contribution in [0.1, 0.15) is 18.9 Å². The molecule has 0 saturated carbocycles. The lowest BCUT2D eigenvalue weighted by molar-refractivity contribution is -0.137. The van der Waals surface area contributed by atoms with Crippen molar-refractivity contribution in [1.29, 1.82) is 0 Å². The summed E-state index contributed by atoms with van der Waals surface area (Å²) in [6.07, 6.45) is -0.872. The van der Waals surface area contributed by atoms with Crippen molar-refractivity contribution < 1.29 is 13.2 Å². The fraction of sp³-hybridized carbons (Fsp3) is 0.545. The monoisotopic (exact) mass is 230 g/mol. The minimum atomic E-state index is -4.30. The predicted molar refractivity (Wildman–Crippen MR) is 55.2 cm³/mol. The Hall–Kier alpha value is -1.26. The molecule has 0 aliphatic carbocycles. The minimum Gasteiger partial charge on any atom is -0.370 e. The molecule has 1 atom stereocenters. The Balaban J connectivity index is 2.34. The van der Waals surface area contributed by atoms with Crippen LogP contribution in [0.5, 0.6) is 0 Å². The molecule has 0 spiro atoms. The first-order valence-electron chi connectivity index (χ1n) is 5.24. The Labute approximate surface area is 92.1 Å². The van der Waals surface area contributed by atoms with E-state index in [1.54, 1.807) is 4.90 Å². The van der Waals surface area contributed by atoms with Crippen molar-refractivity contribution >= 4 is 5.69 Å². The number of nitrogens with zero attached hydrogens (tertiary/aromatic N) is 2. The predicted octanol–water partition coefficient (Wildman–Crippen LogP) is 2.95. The van der Waals surface area contributed by atoms with Gasteiger partial charge in [0, 0.05) is 19.3 Å². The summed E-state index contributed by atoms with van der Waals surface area (Å²) in [6.45, 7) is 3.40. The molecule has 0 unspecified atom stereocenters. The number of hydrogen-bond acceptors (Lipinski definition) is 2. The Morgan fingerprint density at radius 3 is 2.75 bits per heavy atom. The summed E-state index contributed by atoms with van der Waals surface area (Å²) >= 11 is 0. The van der Waals surface area contributed by atoms with E-state index in [0.29, 0.717) is 19.0 Å². The fourth-order valence-electron chi connectivity index (χ4n) is 2.03. The van der Waals surface area contributed by atoms with Gasteiger partial charge in [-0.25, -0.2) is 0 Å². The molecule has 0 N–H and O–H groups in total. The molecule has 1 fully saturated rings. The third kappa shape index (κ3) is 2.13. The van der Waals surface area contributed by atoms with Gasteiger partial charge in [0.15, 0.2) is 0 Å². The zero-order chi connectivity index (χ0) is 11.8. The Kier molecular flexibility index (Phi) is 2.78. The summed E-state index contributed by atoms with van der Waals surface area (Å²) in [4.78, 5) is 5.55. The van der Waals surface area contributed by atoms with Crippen molar-refractivity contribution in [2.75, 3.05) is 18.0 Å². The Morgan fingerprint density at radius 2 is 2.19 bits per heavy atom. The van der Waals surface area contributed by atoms with Crippen molar-refractivity contribution in [2.24, 2.45) is 5.92 Å². The smallest absolute Gasteiger partial charge is 0.370 e. The van der Waals surface area contributed by atoms with E-state index in [2.05, 4.69) is 4.98 Å². The van der Waals surface area contributed by atoms with Crippen LogP contribution in [0.2, 0.25) is 0 Å². The summed E-state index contributed by atoms with van der Waals surface area (Å²) in [6, 6.07) is 1.04. The maximum atomic E-state index is 12.7. The molecule has 2 nitrogen and oxygen atoms in total. The normalized spacial score (nSPS) is 21.5. The molecule has 1 aromatic heterocycles. The number of pyridine rings is 1. The second-order valence-corrected chi connectivity index (χ2v) is 4.23. The van der Waals surface area contributed by atoms with Crippen molar-refractivity contribution in [3.8, 4) is 0 Å². The number of aromatic nitrogens is 1. The summed E-state index contributed by atoms with van der Waals surface area (Å²) in [5, 5.41) is 0. The molecule has 0 amide bonds. The molecule has 88 valence electrons. The van der Waals surface area contributed by atoms with Crippen LogP contribution in [0.4, 0.5) is 18.9 Å². The molecule has 0 bridgehead atoms. The van der Waals surface area contributed by atoms with E-state index in [1.807, 2.05) is 6.92 Å². The standard InChI is InChI=1S/C11H13F3N2/c1-8-3-5-16(7-8)10-6-15-4-2-9(10)11(12,13)14/h2,4,6,8H,3,5,7H2,1H3/t8-/m1/s1. The van der Waals surface area contributed by atoms with Gasteiger partial charge in [-0.2, -0.15) is 13.2 Å². The summed E-state index contributed by atoms with van der Waals surface area (Å²) < 4.78 is 38.2. The van der Waals surface area contributed by atoms with Crippen LogP contribution in [0.15, 0.2) is 18.5 Å². The largest absolute Gasteiger partial charge is 0.418 e. The van der Waals surface area contributed by atoms with Crippen LogP contribution >= 0.6 is 0 Å². The van der Waals surface area contributed by atoms with E-state index in [-0.39, 0.29) is 5.69 Å². The van der Waals surface area contributed by atoms with Crippen molar-refractivity contribution in [1.82, 2.24) is 4.98 Å². The lowest BCUT2D eigenvalue weighted by atomic mass is 10.2. The van der Waals surface area contributed by atoms with Crippen LogP contribution in [-0.4, -0.2) is 18.1 Å². The van der Waals surface area contributed by atoms with E-state index in [0.717, 1.165) is 12.5 Å². The topological polar surface area (TPSA) is 16.1 Å². The number of hydrogen-bond donors (Lipinski definition) is 0. The van der Waals surface area contributed by atoms with E-state index < -0.39 is 11.7 Å². The zero-order valence-electron chi connectivity index (χ0n) is 8.96. The van der Waals surface area contributed by atoms with Crippen molar-refractivity contribution in [3.63, 3.8) is 0 Å². The van der Waals surface area contributed by atoms with Gasteiger partial charge in [0.2, 0.25) is 0 Å². The van der Waals surface area contributed by atoms with Crippen LogP contribution in [0.25, 0.3) is 0 Å². The number of halogens is 3. The van der Waals surface area contributed by atoms with Crippen LogP contribution in [0.3, 0.4) is 0 Å².